The van der Waals surface area contributed by atoms with Crippen LogP contribution >= 0.6 is 11.8 Å². The molecule has 1 saturated heterocycles. The van der Waals surface area contributed by atoms with Gasteiger partial charge < -0.3 is 15.2 Å². The number of carbonyl (C=O) groups excluding carboxylic acids is 1. The molecule has 5 atom stereocenters. The quantitative estimate of drug-likeness (QED) is 0.800. The fraction of sp³-hybridized carbons (Fsp3) is 0.722. The lowest BCUT2D eigenvalue weighted by molar-refractivity contribution is -0.166. The number of thioether (sulfide) groups is 1. The predicted molar refractivity (Wildman–Crippen MR) is 101 cm³/mol. The third-order valence-corrected chi connectivity index (χ3v) is 6.34. The van der Waals surface area contributed by atoms with E-state index in [1.807, 2.05) is 0 Å². The van der Waals surface area contributed by atoms with Crippen LogP contribution in [0, 0.1) is 17.8 Å². The zero-order chi connectivity index (χ0) is 18.8. The molecule has 2 N–H and O–H groups in total. The SMILES string of the molecule is CC(C)C1CC[C@@H](C)C[C@@H]1OC(=O)[C@@H]1O[C@@H](n2ccc(N)nc2=O)CS1. The van der Waals surface area contributed by atoms with Gasteiger partial charge in [0.2, 0.25) is 5.44 Å². The summed E-state index contributed by atoms with van der Waals surface area (Å²) in [5.41, 5.74) is 4.32. The summed E-state index contributed by atoms with van der Waals surface area (Å²) in [5, 5.41) is 0. The molecule has 0 bridgehead atoms. The van der Waals surface area contributed by atoms with Crippen LogP contribution in [-0.4, -0.2) is 32.8 Å². The van der Waals surface area contributed by atoms with E-state index in [4.69, 9.17) is 15.2 Å². The van der Waals surface area contributed by atoms with Gasteiger partial charge in [-0.1, -0.05) is 27.2 Å². The lowest BCUT2D eigenvalue weighted by Gasteiger charge is -2.37. The van der Waals surface area contributed by atoms with Crippen molar-refractivity contribution in [1.29, 1.82) is 0 Å². The number of hydrogen-bond donors (Lipinski definition) is 1. The molecule has 7 nitrogen and oxygen atoms in total. The number of anilines is 1. The smallest absolute Gasteiger partial charge is 0.351 e. The van der Waals surface area contributed by atoms with Crippen LogP contribution in [-0.2, 0) is 14.3 Å². The summed E-state index contributed by atoms with van der Waals surface area (Å²) in [4.78, 5) is 28.3. The van der Waals surface area contributed by atoms with E-state index in [1.54, 1.807) is 6.20 Å². The molecule has 1 aliphatic carbocycles. The highest BCUT2D eigenvalue weighted by molar-refractivity contribution is 8.00. The van der Waals surface area contributed by atoms with Gasteiger partial charge >= 0.3 is 11.7 Å². The summed E-state index contributed by atoms with van der Waals surface area (Å²) in [5.74, 6) is 1.73. The van der Waals surface area contributed by atoms with Crippen LogP contribution < -0.4 is 11.4 Å². The molecule has 3 rings (SSSR count). The molecule has 2 heterocycles. The van der Waals surface area contributed by atoms with Gasteiger partial charge in [0.1, 0.15) is 18.1 Å². The molecule has 1 unspecified atom stereocenters. The van der Waals surface area contributed by atoms with Crippen molar-refractivity contribution in [2.75, 3.05) is 11.5 Å². The third-order valence-electron chi connectivity index (χ3n) is 5.25. The Hall–Kier alpha value is -1.54. The number of nitrogens with two attached hydrogens (primary N) is 1. The summed E-state index contributed by atoms with van der Waals surface area (Å²) >= 11 is 1.35. The minimum absolute atomic E-state index is 0.0598. The molecule has 1 saturated carbocycles. The Morgan fingerprint density at radius 2 is 2.23 bits per heavy atom. The zero-order valence-corrected chi connectivity index (χ0v) is 16.3. The van der Waals surface area contributed by atoms with E-state index in [2.05, 4.69) is 25.8 Å². The summed E-state index contributed by atoms with van der Waals surface area (Å²) in [6.07, 6.45) is 4.11. The standard InChI is InChI=1S/C18H27N3O4S/c1-10(2)12-5-4-11(3)8-13(12)24-16(22)17-25-15(9-26-17)21-7-6-14(19)20-18(21)23/h6-7,10-13,15,17H,4-5,8-9H2,1-3H3,(H2,19,20,23)/t11-,12?,13+,15-,17-/m1/s1. The first-order valence-electron chi connectivity index (χ1n) is 9.17. The molecule has 144 valence electrons. The summed E-state index contributed by atoms with van der Waals surface area (Å²) in [6, 6.07) is 1.54. The first-order valence-corrected chi connectivity index (χ1v) is 10.2. The number of hydrogen-bond acceptors (Lipinski definition) is 7. The van der Waals surface area contributed by atoms with Gasteiger partial charge in [-0.2, -0.15) is 4.98 Å². The van der Waals surface area contributed by atoms with Crippen molar-refractivity contribution < 1.29 is 14.3 Å². The van der Waals surface area contributed by atoms with Crippen LogP contribution in [0.3, 0.4) is 0 Å². The van der Waals surface area contributed by atoms with Gasteiger partial charge in [0.15, 0.2) is 0 Å². The predicted octanol–water partition coefficient (Wildman–Crippen LogP) is 2.42. The maximum Gasteiger partial charge on any atom is 0.351 e. The maximum atomic E-state index is 12.6. The van der Waals surface area contributed by atoms with Crippen molar-refractivity contribution in [3.05, 3.63) is 22.7 Å². The van der Waals surface area contributed by atoms with Gasteiger partial charge in [0.05, 0.1) is 0 Å². The summed E-state index contributed by atoms with van der Waals surface area (Å²) < 4.78 is 13.0. The molecule has 2 fully saturated rings. The minimum atomic E-state index is -0.713. The number of nitrogens with zero attached hydrogens (tertiary/aromatic N) is 2. The normalized spacial score (nSPS) is 31.9. The fourth-order valence-electron chi connectivity index (χ4n) is 3.76. The number of nitrogen functional groups attached to an aromatic ring is 1. The van der Waals surface area contributed by atoms with Gasteiger partial charge in [-0.25, -0.2) is 9.59 Å². The zero-order valence-electron chi connectivity index (χ0n) is 15.5. The molecule has 8 heteroatoms. The Kier molecular flexibility index (Phi) is 5.92. The second-order valence-corrected chi connectivity index (χ2v) is 8.69. The summed E-state index contributed by atoms with van der Waals surface area (Å²) in [7, 11) is 0. The molecule has 0 aromatic carbocycles. The van der Waals surface area contributed by atoms with Crippen molar-refractivity contribution >= 4 is 23.5 Å². The van der Waals surface area contributed by atoms with Crippen molar-refractivity contribution in [2.45, 2.75) is 57.8 Å². The first kappa shape index (κ1) is 19.2. The van der Waals surface area contributed by atoms with E-state index in [9.17, 15) is 9.59 Å². The van der Waals surface area contributed by atoms with Gasteiger partial charge in [-0.05, 0) is 36.7 Å². The first-order chi connectivity index (χ1) is 12.3. The van der Waals surface area contributed by atoms with Crippen LogP contribution in [0.25, 0.3) is 0 Å². The van der Waals surface area contributed by atoms with Gasteiger partial charge in [-0.3, -0.25) is 4.57 Å². The molecule has 1 aromatic rings. The largest absolute Gasteiger partial charge is 0.459 e. The Labute approximate surface area is 157 Å². The Bertz CT molecular complexity index is 708. The molecule has 2 aliphatic rings. The van der Waals surface area contributed by atoms with Gasteiger partial charge in [0.25, 0.3) is 0 Å². The highest BCUT2D eigenvalue weighted by atomic mass is 32.2. The highest BCUT2D eigenvalue weighted by Gasteiger charge is 2.38. The summed E-state index contributed by atoms with van der Waals surface area (Å²) in [6.45, 7) is 6.56. The average Bonchev–Trinajstić information content (AvgIpc) is 3.04. The van der Waals surface area contributed by atoms with Crippen molar-refractivity contribution in [3.63, 3.8) is 0 Å². The van der Waals surface area contributed by atoms with Gasteiger partial charge in [0, 0.05) is 11.9 Å². The molecule has 1 aromatic heterocycles. The number of ether oxygens (including phenoxy) is 2. The highest BCUT2D eigenvalue weighted by Crippen LogP contribution is 2.37. The second-order valence-electron chi connectivity index (χ2n) is 7.60. The van der Waals surface area contributed by atoms with E-state index in [1.165, 1.54) is 28.8 Å². The number of aromatic nitrogens is 2. The molecular formula is C18H27N3O4S. The topological polar surface area (TPSA) is 96.4 Å². The van der Waals surface area contributed by atoms with E-state index in [-0.39, 0.29) is 17.9 Å². The third kappa shape index (κ3) is 4.23. The van der Waals surface area contributed by atoms with Crippen LogP contribution in [0.2, 0.25) is 0 Å². The lowest BCUT2D eigenvalue weighted by atomic mass is 9.75. The maximum absolute atomic E-state index is 12.6. The fourth-order valence-corrected chi connectivity index (χ4v) is 4.74. The van der Waals surface area contributed by atoms with E-state index in [0.717, 1.165) is 12.8 Å². The van der Waals surface area contributed by atoms with Crippen molar-refractivity contribution in [1.82, 2.24) is 9.55 Å². The van der Waals surface area contributed by atoms with Crippen molar-refractivity contribution in [3.8, 4) is 0 Å². The number of esters is 1. The second kappa shape index (κ2) is 8.00. The van der Waals surface area contributed by atoms with Crippen LogP contribution in [0.4, 0.5) is 5.82 Å². The molecule has 1 aliphatic heterocycles. The Balaban J connectivity index is 1.63. The molecule has 0 spiro atoms. The van der Waals surface area contributed by atoms with Crippen LogP contribution in [0.5, 0.6) is 0 Å². The monoisotopic (exact) mass is 381 g/mol. The Morgan fingerprint density at radius 1 is 1.46 bits per heavy atom. The molecule has 0 radical (unpaired) electrons. The van der Waals surface area contributed by atoms with Crippen molar-refractivity contribution in [2.24, 2.45) is 17.8 Å². The number of rotatable bonds is 4. The molecule has 26 heavy (non-hydrogen) atoms. The minimum Gasteiger partial charge on any atom is -0.459 e. The van der Waals surface area contributed by atoms with Crippen LogP contribution in [0.15, 0.2) is 17.1 Å². The number of carbonyl (C=O) groups is 1. The molecule has 0 amide bonds. The Morgan fingerprint density at radius 3 is 2.92 bits per heavy atom. The van der Waals surface area contributed by atoms with E-state index in [0.29, 0.717) is 23.5 Å². The molecular weight excluding hydrogens is 354 g/mol. The van der Waals surface area contributed by atoms with E-state index >= 15 is 0 Å². The lowest BCUT2D eigenvalue weighted by Crippen LogP contribution is -2.38. The van der Waals surface area contributed by atoms with Gasteiger partial charge in [-0.15, -0.1) is 11.8 Å². The van der Waals surface area contributed by atoms with Crippen LogP contribution in [0.1, 0.15) is 46.3 Å². The average molecular weight is 381 g/mol. The van der Waals surface area contributed by atoms with E-state index < -0.39 is 17.4 Å².